The molecule has 138 valence electrons. The van der Waals surface area contributed by atoms with Gasteiger partial charge in [-0.1, -0.05) is 0 Å². The fraction of sp³-hybridized carbons (Fsp3) is 0.588. The summed E-state index contributed by atoms with van der Waals surface area (Å²) in [5, 5.41) is 2.61. The number of nitrogens with one attached hydrogen (secondary N) is 1. The Bertz CT molecular complexity index is 617. The number of ether oxygens (including phenoxy) is 2. The van der Waals surface area contributed by atoms with Gasteiger partial charge < -0.3 is 19.7 Å². The van der Waals surface area contributed by atoms with Gasteiger partial charge in [0.2, 0.25) is 0 Å². The van der Waals surface area contributed by atoms with Crippen molar-refractivity contribution < 1.29 is 23.0 Å². The molecule has 2 amide bonds. The van der Waals surface area contributed by atoms with Crippen molar-refractivity contribution >= 4 is 11.7 Å². The van der Waals surface area contributed by atoms with Crippen LogP contribution in [0.3, 0.4) is 0 Å². The number of morpholine rings is 1. The van der Waals surface area contributed by atoms with Crippen LogP contribution >= 0.6 is 0 Å². The third-order valence-electron chi connectivity index (χ3n) is 4.67. The molecule has 2 atom stereocenters. The van der Waals surface area contributed by atoms with Crippen LogP contribution in [-0.4, -0.2) is 74.5 Å². The predicted octanol–water partition coefficient (Wildman–Crippen LogP) is 1.92. The van der Waals surface area contributed by atoms with Gasteiger partial charge in [0.15, 0.2) is 11.6 Å². The van der Waals surface area contributed by atoms with Gasteiger partial charge in [0.25, 0.3) is 0 Å². The molecule has 6 nitrogen and oxygen atoms in total. The lowest BCUT2D eigenvalue weighted by molar-refractivity contribution is -0.0486. The van der Waals surface area contributed by atoms with E-state index in [1.54, 1.807) is 12.0 Å². The number of nitrogens with zero attached hydrogens (tertiary/aromatic N) is 2. The van der Waals surface area contributed by atoms with Crippen molar-refractivity contribution in [1.82, 2.24) is 9.80 Å². The highest BCUT2D eigenvalue weighted by atomic mass is 19.2. The molecule has 1 N–H and O–H groups in total. The van der Waals surface area contributed by atoms with Crippen LogP contribution in [0.1, 0.15) is 6.42 Å². The second kappa shape index (κ2) is 8.07. The van der Waals surface area contributed by atoms with Crippen LogP contribution in [-0.2, 0) is 9.47 Å². The highest BCUT2D eigenvalue weighted by Crippen LogP contribution is 2.24. The monoisotopic (exact) mass is 355 g/mol. The number of urea groups is 1. The van der Waals surface area contributed by atoms with E-state index < -0.39 is 11.6 Å². The van der Waals surface area contributed by atoms with E-state index in [2.05, 4.69) is 10.2 Å². The summed E-state index contributed by atoms with van der Waals surface area (Å²) in [4.78, 5) is 16.4. The van der Waals surface area contributed by atoms with Crippen LogP contribution in [0.2, 0.25) is 0 Å². The van der Waals surface area contributed by atoms with Gasteiger partial charge in [0.05, 0.1) is 25.3 Å². The summed E-state index contributed by atoms with van der Waals surface area (Å²) < 4.78 is 37.1. The molecule has 25 heavy (non-hydrogen) atoms. The van der Waals surface area contributed by atoms with Gasteiger partial charge in [-0.2, -0.15) is 0 Å². The number of anilines is 1. The third-order valence-corrected chi connectivity index (χ3v) is 4.67. The second-order valence-electron chi connectivity index (χ2n) is 6.32. The summed E-state index contributed by atoms with van der Waals surface area (Å²) in [6, 6.07) is 3.13. The zero-order valence-electron chi connectivity index (χ0n) is 14.2. The molecule has 1 aromatic carbocycles. The average molecular weight is 355 g/mol. The average Bonchev–Trinajstić information content (AvgIpc) is 3.04. The summed E-state index contributed by atoms with van der Waals surface area (Å²) in [5.41, 5.74) is 0.233. The molecule has 8 heteroatoms. The summed E-state index contributed by atoms with van der Waals surface area (Å²) in [6.07, 6.45) is 0.910. The van der Waals surface area contributed by atoms with Crippen LogP contribution in [0.15, 0.2) is 18.2 Å². The van der Waals surface area contributed by atoms with Crippen LogP contribution in [0, 0.1) is 11.6 Å². The van der Waals surface area contributed by atoms with Gasteiger partial charge in [-0.05, 0) is 18.6 Å². The Labute approximate surface area is 145 Å². The molecule has 0 aromatic heterocycles. The summed E-state index contributed by atoms with van der Waals surface area (Å²) >= 11 is 0. The van der Waals surface area contributed by atoms with Crippen molar-refractivity contribution in [2.45, 2.75) is 18.6 Å². The Kier molecular flexibility index (Phi) is 5.82. The number of fused-ring (bicyclic) bond motifs is 1. The van der Waals surface area contributed by atoms with Gasteiger partial charge >= 0.3 is 6.03 Å². The lowest BCUT2D eigenvalue weighted by Gasteiger charge is -2.36. The van der Waals surface area contributed by atoms with E-state index >= 15 is 0 Å². The molecule has 0 saturated carbocycles. The molecule has 0 bridgehead atoms. The highest BCUT2D eigenvalue weighted by Gasteiger charge is 2.41. The number of methoxy groups -OCH3 is 1. The number of rotatable bonds is 5. The van der Waals surface area contributed by atoms with Gasteiger partial charge in [-0.3, -0.25) is 4.90 Å². The Balaban J connectivity index is 1.58. The normalized spacial score (nSPS) is 23.6. The van der Waals surface area contributed by atoms with Crippen LogP contribution in [0.5, 0.6) is 0 Å². The van der Waals surface area contributed by atoms with Crippen molar-refractivity contribution in [3.8, 4) is 0 Å². The first-order chi connectivity index (χ1) is 12.1. The summed E-state index contributed by atoms with van der Waals surface area (Å²) in [5.74, 6) is -1.93. The van der Waals surface area contributed by atoms with Crippen LogP contribution in [0.4, 0.5) is 19.3 Å². The van der Waals surface area contributed by atoms with E-state index in [-0.39, 0.29) is 23.9 Å². The Morgan fingerprint density at radius 1 is 1.36 bits per heavy atom. The van der Waals surface area contributed by atoms with E-state index in [9.17, 15) is 13.6 Å². The van der Waals surface area contributed by atoms with E-state index in [1.165, 1.54) is 6.07 Å². The maximum Gasteiger partial charge on any atom is 0.321 e. The zero-order valence-corrected chi connectivity index (χ0v) is 14.2. The minimum absolute atomic E-state index is 0.0213. The van der Waals surface area contributed by atoms with Crippen LogP contribution < -0.4 is 5.32 Å². The van der Waals surface area contributed by atoms with E-state index in [4.69, 9.17) is 9.47 Å². The smallest absolute Gasteiger partial charge is 0.321 e. The summed E-state index contributed by atoms with van der Waals surface area (Å²) in [7, 11) is 1.68. The molecule has 2 aliphatic rings. The molecule has 0 aliphatic carbocycles. The van der Waals surface area contributed by atoms with Crippen molar-refractivity contribution in [3.05, 3.63) is 29.8 Å². The highest BCUT2D eigenvalue weighted by molar-refractivity contribution is 5.89. The number of hydrogen-bond acceptors (Lipinski definition) is 4. The SMILES string of the molecule is COCCCN1CCO[C@H]2CN(C(=O)Nc3ccc(F)c(F)c3)C[C@@H]21. The molecule has 2 saturated heterocycles. The molecular weight excluding hydrogens is 332 g/mol. The molecule has 2 fully saturated rings. The summed E-state index contributed by atoms with van der Waals surface area (Å²) in [6.45, 7) is 4.12. The van der Waals surface area contributed by atoms with E-state index in [1.807, 2.05) is 0 Å². The molecule has 3 rings (SSSR count). The zero-order chi connectivity index (χ0) is 17.8. The molecule has 0 spiro atoms. The van der Waals surface area contributed by atoms with Crippen molar-refractivity contribution in [2.75, 3.05) is 51.8 Å². The molecule has 2 heterocycles. The number of carbonyl (C=O) groups excluding carboxylic acids is 1. The lowest BCUT2D eigenvalue weighted by Crippen LogP contribution is -2.51. The van der Waals surface area contributed by atoms with Crippen molar-refractivity contribution in [1.29, 1.82) is 0 Å². The quantitative estimate of drug-likeness (QED) is 0.820. The molecule has 2 aliphatic heterocycles. The first kappa shape index (κ1) is 18.0. The van der Waals surface area contributed by atoms with Crippen molar-refractivity contribution in [3.63, 3.8) is 0 Å². The first-order valence-electron chi connectivity index (χ1n) is 8.44. The van der Waals surface area contributed by atoms with Crippen LogP contribution in [0.25, 0.3) is 0 Å². The number of halogens is 2. The largest absolute Gasteiger partial charge is 0.385 e. The number of likely N-dealkylation sites (tertiary alicyclic amines) is 1. The van der Waals surface area contributed by atoms with Gasteiger partial charge in [-0.25, -0.2) is 13.6 Å². The van der Waals surface area contributed by atoms with Crippen molar-refractivity contribution in [2.24, 2.45) is 0 Å². The number of carbonyl (C=O) groups is 1. The minimum Gasteiger partial charge on any atom is -0.385 e. The third kappa shape index (κ3) is 4.26. The first-order valence-corrected chi connectivity index (χ1v) is 8.44. The Hall–Kier alpha value is -1.77. The fourth-order valence-electron chi connectivity index (χ4n) is 3.39. The molecule has 1 aromatic rings. The molecule has 0 radical (unpaired) electrons. The minimum atomic E-state index is -0.986. The topological polar surface area (TPSA) is 54.0 Å². The number of amides is 2. The second-order valence-corrected chi connectivity index (χ2v) is 6.32. The molecular formula is C17H23F2N3O3. The Morgan fingerprint density at radius 2 is 2.20 bits per heavy atom. The molecule has 0 unspecified atom stereocenters. The van der Waals surface area contributed by atoms with Gasteiger partial charge in [0.1, 0.15) is 0 Å². The standard InChI is InChI=1S/C17H23F2N3O3/c1-24-7-2-5-21-6-8-25-16-11-22(10-15(16)21)17(23)20-12-3-4-13(18)14(19)9-12/h3-4,9,15-16H,2,5-8,10-11H2,1H3,(H,20,23)/t15-,16-/m0/s1. The number of hydrogen-bond donors (Lipinski definition) is 1. The van der Waals surface area contributed by atoms with Gasteiger partial charge in [0, 0.05) is 45.1 Å². The maximum atomic E-state index is 13.3. The Morgan fingerprint density at radius 3 is 2.96 bits per heavy atom. The number of benzene rings is 1. The fourth-order valence-corrected chi connectivity index (χ4v) is 3.39. The van der Waals surface area contributed by atoms with Gasteiger partial charge in [-0.15, -0.1) is 0 Å². The predicted molar refractivity (Wildman–Crippen MR) is 88.5 cm³/mol. The maximum absolute atomic E-state index is 13.3. The van der Waals surface area contributed by atoms with E-state index in [0.29, 0.717) is 26.3 Å². The van der Waals surface area contributed by atoms with E-state index in [0.717, 1.165) is 31.6 Å². The lowest BCUT2D eigenvalue weighted by atomic mass is 10.1.